The molecule has 0 atom stereocenters. The van der Waals surface area contributed by atoms with Crippen LogP contribution in [0.25, 0.3) is 0 Å². The number of nitrogens with zero attached hydrogens (tertiary/aromatic N) is 4. The molecular weight excluding hydrogens is 355 g/mol. The number of hydrogen-bond donors (Lipinski definition) is 2. The average molecular weight is 387 g/mol. The minimum atomic E-state index is -0.180. The Hall–Kier alpha value is -2.57. The number of halogens is 1. The third-order valence-electron chi connectivity index (χ3n) is 5.41. The average Bonchev–Trinajstić information content (AvgIpc) is 2.92. The molecule has 6 nitrogen and oxygen atoms in total. The summed E-state index contributed by atoms with van der Waals surface area (Å²) < 4.78 is 15.4. The maximum atomic E-state index is 13.5. The number of piperidine rings is 1. The van der Waals surface area contributed by atoms with Crippen molar-refractivity contribution in [2.45, 2.75) is 46.2 Å². The monoisotopic (exact) mass is 386 g/mol. The number of aliphatic imine (C=N–C) groups is 1. The van der Waals surface area contributed by atoms with Crippen LogP contribution >= 0.6 is 0 Å². The maximum absolute atomic E-state index is 13.5. The SMILES string of the molecule is CCNC(=NCc1c(C)nn(C)c1C)NC1CCN(c2cccc(F)c2)CC1. The first-order chi connectivity index (χ1) is 13.5. The lowest BCUT2D eigenvalue weighted by molar-refractivity contribution is 0.461. The summed E-state index contributed by atoms with van der Waals surface area (Å²) in [6.07, 6.45) is 1.98. The van der Waals surface area contributed by atoms with Crippen LogP contribution in [0.15, 0.2) is 29.3 Å². The highest BCUT2D eigenvalue weighted by atomic mass is 19.1. The maximum Gasteiger partial charge on any atom is 0.191 e. The zero-order chi connectivity index (χ0) is 20.1. The summed E-state index contributed by atoms with van der Waals surface area (Å²) in [4.78, 5) is 7.02. The van der Waals surface area contributed by atoms with E-state index in [1.54, 1.807) is 12.1 Å². The summed E-state index contributed by atoms with van der Waals surface area (Å²) in [6.45, 7) is 9.42. The van der Waals surface area contributed by atoms with E-state index >= 15 is 0 Å². The fraction of sp³-hybridized carbons (Fsp3) is 0.524. The molecule has 0 bridgehead atoms. The molecule has 7 heteroatoms. The second-order valence-electron chi connectivity index (χ2n) is 7.35. The van der Waals surface area contributed by atoms with Crippen molar-refractivity contribution >= 4 is 11.6 Å². The van der Waals surface area contributed by atoms with Crippen LogP contribution < -0.4 is 15.5 Å². The first kappa shape index (κ1) is 20.2. The fourth-order valence-corrected chi connectivity index (χ4v) is 3.67. The summed E-state index contributed by atoms with van der Waals surface area (Å²) in [5.74, 6) is 0.662. The Bertz CT molecular complexity index is 820. The molecule has 2 aromatic rings. The minimum absolute atomic E-state index is 0.180. The van der Waals surface area contributed by atoms with Crippen LogP contribution in [0.3, 0.4) is 0 Å². The van der Waals surface area contributed by atoms with E-state index in [1.807, 2.05) is 24.7 Å². The molecule has 0 aliphatic carbocycles. The molecule has 2 heterocycles. The smallest absolute Gasteiger partial charge is 0.191 e. The first-order valence-corrected chi connectivity index (χ1v) is 10.0. The van der Waals surface area contributed by atoms with Gasteiger partial charge in [0.15, 0.2) is 5.96 Å². The van der Waals surface area contributed by atoms with Gasteiger partial charge in [-0.2, -0.15) is 5.10 Å². The molecular formula is C21H31FN6. The Morgan fingerprint density at radius 2 is 2.04 bits per heavy atom. The largest absolute Gasteiger partial charge is 0.371 e. The number of rotatable bonds is 5. The highest BCUT2D eigenvalue weighted by molar-refractivity contribution is 5.80. The van der Waals surface area contributed by atoms with Crippen LogP contribution in [-0.2, 0) is 13.6 Å². The predicted molar refractivity (Wildman–Crippen MR) is 112 cm³/mol. The number of anilines is 1. The lowest BCUT2D eigenvalue weighted by Gasteiger charge is -2.34. The van der Waals surface area contributed by atoms with Crippen LogP contribution in [0.4, 0.5) is 10.1 Å². The molecule has 2 N–H and O–H groups in total. The van der Waals surface area contributed by atoms with E-state index in [-0.39, 0.29) is 5.82 Å². The summed E-state index contributed by atoms with van der Waals surface area (Å²) in [5.41, 5.74) is 4.32. The number of aromatic nitrogens is 2. The van der Waals surface area contributed by atoms with Crippen molar-refractivity contribution < 1.29 is 4.39 Å². The van der Waals surface area contributed by atoms with E-state index in [9.17, 15) is 4.39 Å². The van der Waals surface area contributed by atoms with Gasteiger partial charge in [0.2, 0.25) is 0 Å². The van der Waals surface area contributed by atoms with Gasteiger partial charge in [-0.25, -0.2) is 9.38 Å². The molecule has 1 saturated heterocycles. The molecule has 1 aromatic heterocycles. The highest BCUT2D eigenvalue weighted by Crippen LogP contribution is 2.21. The fourth-order valence-electron chi connectivity index (χ4n) is 3.67. The Labute approximate surface area is 166 Å². The zero-order valence-electron chi connectivity index (χ0n) is 17.3. The van der Waals surface area contributed by atoms with Gasteiger partial charge >= 0.3 is 0 Å². The number of nitrogens with one attached hydrogen (secondary N) is 2. The van der Waals surface area contributed by atoms with Gasteiger partial charge in [0, 0.05) is 49.7 Å². The van der Waals surface area contributed by atoms with Gasteiger partial charge in [-0.15, -0.1) is 0 Å². The Morgan fingerprint density at radius 3 is 2.64 bits per heavy atom. The molecule has 1 aliphatic heterocycles. The number of hydrogen-bond acceptors (Lipinski definition) is 3. The predicted octanol–water partition coefficient (Wildman–Crippen LogP) is 2.90. The van der Waals surface area contributed by atoms with Crippen molar-refractivity contribution in [2.75, 3.05) is 24.5 Å². The van der Waals surface area contributed by atoms with Crippen LogP contribution in [0.5, 0.6) is 0 Å². The van der Waals surface area contributed by atoms with E-state index < -0.39 is 0 Å². The zero-order valence-corrected chi connectivity index (χ0v) is 17.3. The van der Waals surface area contributed by atoms with Crippen molar-refractivity contribution in [3.63, 3.8) is 0 Å². The van der Waals surface area contributed by atoms with Gasteiger partial charge in [0.25, 0.3) is 0 Å². The molecule has 0 spiro atoms. The van der Waals surface area contributed by atoms with E-state index in [1.165, 1.54) is 11.6 Å². The van der Waals surface area contributed by atoms with E-state index in [0.29, 0.717) is 12.6 Å². The summed E-state index contributed by atoms with van der Waals surface area (Å²) in [5, 5.41) is 11.4. The van der Waals surface area contributed by atoms with Crippen LogP contribution in [0, 0.1) is 19.7 Å². The second kappa shape index (κ2) is 9.08. The van der Waals surface area contributed by atoms with Crippen LogP contribution in [-0.4, -0.2) is 41.4 Å². The van der Waals surface area contributed by atoms with Crippen LogP contribution in [0.2, 0.25) is 0 Å². The van der Waals surface area contributed by atoms with Gasteiger partial charge in [0.05, 0.1) is 12.2 Å². The number of aryl methyl sites for hydroxylation is 2. The standard InChI is InChI=1S/C21H31FN6/c1-5-23-21(24-14-20-15(2)26-27(4)16(20)3)25-18-9-11-28(12-10-18)19-8-6-7-17(22)13-19/h6-8,13,18H,5,9-12,14H2,1-4H3,(H2,23,24,25). The van der Waals surface area contributed by atoms with Crippen molar-refractivity contribution in [3.8, 4) is 0 Å². The third kappa shape index (κ3) is 4.82. The van der Waals surface area contributed by atoms with E-state index in [0.717, 1.165) is 55.5 Å². The number of benzene rings is 1. The van der Waals surface area contributed by atoms with Crippen molar-refractivity contribution in [1.29, 1.82) is 0 Å². The minimum Gasteiger partial charge on any atom is -0.371 e. The van der Waals surface area contributed by atoms with Gasteiger partial charge in [0.1, 0.15) is 5.82 Å². The van der Waals surface area contributed by atoms with Gasteiger partial charge in [-0.1, -0.05) is 6.07 Å². The van der Waals surface area contributed by atoms with Gasteiger partial charge in [-0.3, -0.25) is 4.68 Å². The molecule has 152 valence electrons. The quantitative estimate of drug-likeness (QED) is 0.613. The molecule has 0 saturated carbocycles. The Morgan fingerprint density at radius 1 is 1.29 bits per heavy atom. The summed E-state index contributed by atoms with van der Waals surface area (Å²) in [7, 11) is 1.96. The molecule has 0 amide bonds. The van der Waals surface area contributed by atoms with Crippen molar-refractivity contribution in [2.24, 2.45) is 12.0 Å². The molecule has 1 aromatic carbocycles. The molecule has 1 fully saturated rings. The molecule has 3 rings (SSSR count). The normalized spacial score (nSPS) is 15.8. The Balaban J connectivity index is 1.59. The Kier molecular flexibility index (Phi) is 6.54. The van der Waals surface area contributed by atoms with Gasteiger partial charge in [-0.05, 0) is 51.8 Å². The molecule has 28 heavy (non-hydrogen) atoms. The highest BCUT2D eigenvalue weighted by Gasteiger charge is 2.20. The first-order valence-electron chi connectivity index (χ1n) is 10.0. The topological polar surface area (TPSA) is 57.5 Å². The van der Waals surface area contributed by atoms with Gasteiger partial charge < -0.3 is 15.5 Å². The molecule has 1 aliphatic rings. The number of guanidine groups is 1. The van der Waals surface area contributed by atoms with Crippen molar-refractivity contribution in [3.05, 3.63) is 47.0 Å². The second-order valence-corrected chi connectivity index (χ2v) is 7.35. The molecule has 0 radical (unpaired) electrons. The summed E-state index contributed by atoms with van der Waals surface area (Å²) >= 11 is 0. The van der Waals surface area contributed by atoms with E-state index in [4.69, 9.17) is 4.99 Å². The molecule has 0 unspecified atom stereocenters. The van der Waals surface area contributed by atoms with Crippen LogP contribution in [0.1, 0.15) is 36.7 Å². The summed E-state index contributed by atoms with van der Waals surface area (Å²) in [6, 6.07) is 7.20. The lowest BCUT2D eigenvalue weighted by Crippen LogP contribution is -2.48. The van der Waals surface area contributed by atoms with E-state index in [2.05, 4.69) is 34.5 Å². The van der Waals surface area contributed by atoms with Crippen molar-refractivity contribution in [1.82, 2.24) is 20.4 Å². The third-order valence-corrected chi connectivity index (χ3v) is 5.41. The lowest BCUT2D eigenvalue weighted by atomic mass is 10.0.